The molecule has 0 spiro atoms. The van der Waals surface area contributed by atoms with E-state index in [9.17, 15) is 14.7 Å². The summed E-state index contributed by atoms with van der Waals surface area (Å²) in [4.78, 5) is 26.6. The first-order chi connectivity index (χ1) is 11.7. The van der Waals surface area contributed by atoms with Crippen molar-refractivity contribution in [3.63, 3.8) is 0 Å². The molecule has 1 saturated carbocycles. The van der Waals surface area contributed by atoms with Crippen molar-refractivity contribution in [2.45, 2.75) is 63.8 Å². The molecule has 0 amide bonds. The molecule has 2 N–H and O–H groups in total. The van der Waals surface area contributed by atoms with Gasteiger partial charge in [0.15, 0.2) is 0 Å². The van der Waals surface area contributed by atoms with Crippen LogP contribution in [-0.4, -0.2) is 28.9 Å². The molecule has 0 unspecified atom stereocenters. The van der Waals surface area contributed by atoms with Crippen LogP contribution in [0.2, 0.25) is 0 Å². The quantitative estimate of drug-likeness (QED) is 0.597. The van der Waals surface area contributed by atoms with Gasteiger partial charge in [-0.3, -0.25) is 9.78 Å². The number of nitrogens with zero attached hydrogens (tertiary/aromatic N) is 2. The molecule has 2 aliphatic rings. The van der Waals surface area contributed by atoms with E-state index in [0.29, 0.717) is 0 Å². The van der Waals surface area contributed by atoms with Crippen molar-refractivity contribution in [3.05, 3.63) is 26.4 Å². The third kappa shape index (κ3) is 3.77. The summed E-state index contributed by atoms with van der Waals surface area (Å²) in [7, 11) is 0. The predicted molar refractivity (Wildman–Crippen MR) is 89.6 cm³/mol. The fourth-order valence-electron chi connectivity index (χ4n) is 3.75. The number of hydrogen-bond donors (Lipinski definition) is 2. The molecule has 2 heterocycles. The molecule has 1 aliphatic heterocycles. The number of rotatable bonds is 3. The molecule has 132 valence electrons. The molecule has 0 bridgehead atoms. The van der Waals surface area contributed by atoms with Gasteiger partial charge in [-0.15, -0.1) is 0 Å². The van der Waals surface area contributed by atoms with Gasteiger partial charge in [0.05, 0.1) is 11.8 Å². The lowest BCUT2D eigenvalue weighted by molar-refractivity contribution is -0.911. The normalized spacial score (nSPS) is 21.2. The number of quaternary nitrogens is 1. The van der Waals surface area contributed by atoms with E-state index in [1.54, 1.807) is 0 Å². The van der Waals surface area contributed by atoms with E-state index in [1.165, 1.54) is 17.2 Å². The summed E-state index contributed by atoms with van der Waals surface area (Å²) in [5.41, 5.74) is -1.23. The van der Waals surface area contributed by atoms with Gasteiger partial charge in [-0.05, 0) is 38.0 Å². The minimum atomic E-state index is -0.630. The van der Waals surface area contributed by atoms with Crippen molar-refractivity contribution >= 4 is 6.21 Å². The number of aromatic nitrogens is 2. The zero-order valence-electron chi connectivity index (χ0n) is 14.1. The lowest BCUT2D eigenvalue weighted by Gasteiger charge is -2.25. The summed E-state index contributed by atoms with van der Waals surface area (Å²) in [5.74, 6) is -0.490. The SMILES string of the molecule is O=c1[nH]c(=O)n(C2CCCCCC2)c([O-])c1/C=N/[NH+]1CCCCC1. The van der Waals surface area contributed by atoms with E-state index in [0.717, 1.165) is 69.5 Å². The second-order valence-electron chi connectivity index (χ2n) is 6.88. The van der Waals surface area contributed by atoms with E-state index in [2.05, 4.69) is 10.1 Å². The standard InChI is InChI=1S/C17H26N4O3/c22-15-14(12-18-20-10-6-3-7-11-20)16(23)21(17(24)19-15)13-8-4-1-2-5-9-13/h12-13,23H,1-11H2,(H,19,22,24)/b18-12+. The lowest BCUT2D eigenvalue weighted by Crippen LogP contribution is -3.08. The fourth-order valence-corrected chi connectivity index (χ4v) is 3.75. The van der Waals surface area contributed by atoms with Crippen molar-refractivity contribution < 1.29 is 10.1 Å². The Hall–Kier alpha value is -1.89. The molecule has 0 atom stereocenters. The topological polar surface area (TPSA) is 94.7 Å². The van der Waals surface area contributed by atoms with Crippen LogP contribution < -0.4 is 21.4 Å². The van der Waals surface area contributed by atoms with Gasteiger partial charge in [0, 0.05) is 6.04 Å². The highest BCUT2D eigenvalue weighted by Crippen LogP contribution is 2.28. The summed E-state index contributed by atoms with van der Waals surface area (Å²) in [6.45, 7) is 1.84. The number of nitrogens with one attached hydrogen (secondary N) is 2. The summed E-state index contributed by atoms with van der Waals surface area (Å²) < 4.78 is 1.25. The first-order valence-corrected chi connectivity index (χ1v) is 9.11. The molecular weight excluding hydrogens is 308 g/mol. The summed E-state index contributed by atoms with van der Waals surface area (Å²) in [6, 6.07) is -0.112. The Bertz CT molecular complexity index is 693. The zero-order valence-corrected chi connectivity index (χ0v) is 14.1. The van der Waals surface area contributed by atoms with Gasteiger partial charge in [0.2, 0.25) is 0 Å². The van der Waals surface area contributed by atoms with E-state index >= 15 is 0 Å². The van der Waals surface area contributed by atoms with Crippen molar-refractivity contribution in [2.24, 2.45) is 5.10 Å². The average Bonchev–Trinajstić information content (AvgIpc) is 2.84. The Labute approximate surface area is 141 Å². The van der Waals surface area contributed by atoms with Gasteiger partial charge >= 0.3 is 5.69 Å². The Balaban J connectivity index is 1.91. The molecule has 2 fully saturated rings. The highest BCUT2D eigenvalue weighted by atomic mass is 16.3. The van der Waals surface area contributed by atoms with Gasteiger partial charge in [0.1, 0.15) is 13.1 Å². The molecule has 24 heavy (non-hydrogen) atoms. The van der Waals surface area contributed by atoms with Crippen LogP contribution in [-0.2, 0) is 0 Å². The molecule has 7 nitrogen and oxygen atoms in total. The monoisotopic (exact) mass is 334 g/mol. The maximum atomic E-state index is 12.7. The van der Waals surface area contributed by atoms with Crippen LogP contribution in [0.4, 0.5) is 0 Å². The second-order valence-corrected chi connectivity index (χ2v) is 6.88. The summed E-state index contributed by atoms with van der Waals surface area (Å²) in [5, 5.41) is 18.1. The smallest absolute Gasteiger partial charge is 0.328 e. The predicted octanol–water partition coefficient (Wildman–Crippen LogP) is -0.0918. The van der Waals surface area contributed by atoms with Crippen molar-refractivity contribution in [2.75, 3.05) is 13.1 Å². The summed E-state index contributed by atoms with van der Waals surface area (Å²) >= 11 is 0. The number of aromatic amines is 1. The van der Waals surface area contributed by atoms with Crippen molar-refractivity contribution in [1.82, 2.24) is 9.55 Å². The molecule has 0 aromatic carbocycles. The Kier molecular flexibility index (Phi) is 5.50. The van der Waals surface area contributed by atoms with Gasteiger partial charge < -0.3 is 9.67 Å². The molecule has 1 saturated heterocycles. The highest BCUT2D eigenvalue weighted by molar-refractivity contribution is 5.81. The Morgan fingerprint density at radius 2 is 1.67 bits per heavy atom. The van der Waals surface area contributed by atoms with Crippen molar-refractivity contribution in [3.8, 4) is 5.88 Å². The minimum absolute atomic E-state index is 0.0167. The van der Waals surface area contributed by atoms with E-state index < -0.39 is 17.1 Å². The average molecular weight is 334 g/mol. The third-order valence-electron chi connectivity index (χ3n) is 5.13. The molecule has 1 aromatic heterocycles. The van der Waals surface area contributed by atoms with Gasteiger partial charge in [-0.25, -0.2) is 9.80 Å². The van der Waals surface area contributed by atoms with Crippen LogP contribution >= 0.6 is 0 Å². The van der Waals surface area contributed by atoms with Crippen LogP contribution in [0.5, 0.6) is 5.88 Å². The zero-order chi connectivity index (χ0) is 16.9. The van der Waals surface area contributed by atoms with Gasteiger partial charge in [-0.1, -0.05) is 30.8 Å². The largest absolute Gasteiger partial charge is 0.859 e. The number of H-pyrrole nitrogens is 1. The van der Waals surface area contributed by atoms with Crippen LogP contribution in [0.15, 0.2) is 14.7 Å². The van der Waals surface area contributed by atoms with E-state index in [-0.39, 0.29) is 11.6 Å². The minimum Gasteiger partial charge on any atom is -0.859 e. The maximum absolute atomic E-state index is 12.7. The number of piperidine rings is 1. The lowest BCUT2D eigenvalue weighted by atomic mass is 10.1. The van der Waals surface area contributed by atoms with Crippen LogP contribution in [0.25, 0.3) is 0 Å². The highest BCUT2D eigenvalue weighted by Gasteiger charge is 2.18. The molecule has 3 rings (SSSR count). The first kappa shape index (κ1) is 17.0. The van der Waals surface area contributed by atoms with Crippen LogP contribution in [0.1, 0.15) is 69.4 Å². The number of hydrogen-bond acceptors (Lipinski definition) is 4. The maximum Gasteiger partial charge on any atom is 0.328 e. The summed E-state index contributed by atoms with van der Waals surface area (Å²) in [6.07, 6.45) is 10.7. The first-order valence-electron chi connectivity index (χ1n) is 9.11. The third-order valence-corrected chi connectivity index (χ3v) is 5.13. The van der Waals surface area contributed by atoms with Crippen LogP contribution in [0.3, 0.4) is 0 Å². The van der Waals surface area contributed by atoms with E-state index in [4.69, 9.17) is 0 Å². The molecule has 1 aromatic rings. The second kappa shape index (κ2) is 7.79. The Morgan fingerprint density at radius 3 is 2.33 bits per heavy atom. The molecular formula is C17H26N4O3. The molecule has 0 radical (unpaired) electrons. The van der Waals surface area contributed by atoms with Crippen molar-refractivity contribution in [1.29, 1.82) is 0 Å². The molecule has 1 aliphatic carbocycles. The van der Waals surface area contributed by atoms with Crippen LogP contribution in [0, 0.1) is 0 Å². The molecule has 7 heteroatoms. The fraction of sp³-hybridized carbons (Fsp3) is 0.706. The van der Waals surface area contributed by atoms with Gasteiger partial charge in [-0.2, -0.15) is 0 Å². The Morgan fingerprint density at radius 1 is 1.04 bits per heavy atom. The van der Waals surface area contributed by atoms with Gasteiger partial charge in [0.25, 0.3) is 5.56 Å². The van der Waals surface area contributed by atoms with E-state index in [1.807, 2.05) is 0 Å².